The maximum absolute atomic E-state index is 11.9. The van der Waals surface area contributed by atoms with Crippen LogP contribution in [0.2, 0.25) is 0 Å². The van der Waals surface area contributed by atoms with E-state index in [1.54, 1.807) is 17.0 Å². The lowest BCUT2D eigenvalue weighted by Gasteiger charge is -2.10. The number of aromatic nitrogens is 3. The smallest absolute Gasteiger partial charge is 0.329 e. The second-order valence-corrected chi connectivity index (χ2v) is 5.72. The van der Waals surface area contributed by atoms with Crippen molar-refractivity contribution in [3.05, 3.63) is 30.9 Å². The number of hydrogen-bond donors (Lipinski definition) is 2. The molecule has 2 aromatic rings. The summed E-state index contributed by atoms with van der Waals surface area (Å²) in [7, 11) is 0. The van der Waals surface area contributed by atoms with Crippen molar-refractivity contribution in [2.24, 2.45) is 0 Å². The van der Waals surface area contributed by atoms with Gasteiger partial charge in [0.1, 0.15) is 16.9 Å². The normalized spacial score (nSPS) is 14.7. The molecule has 0 bridgehead atoms. The van der Waals surface area contributed by atoms with Crippen LogP contribution in [0, 0.1) is 0 Å². The van der Waals surface area contributed by atoms with E-state index in [2.05, 4.69) is 14.7 Å². The highest BCUT2D eigenvalue weighted by molar-refractivity contribution is 7.09. The standard InChI is InChI=1S/C13H12N4O3S.ClH/c18-10(16-13(3-4-13)12(19)20)7-17-5-1-9(2-6-17)11-14-8-15-21-11;/h1-2,5-6,8H,3-4,7H2,(H-,16,18,19,20);1H. The fourth-order valence-corrected chi connectivity index (χ4v) is 2.53. The number of aliphatic carboxylic acids is 1. The third-order valence-corrected chi connectivity index (χ3v) is 4.08. The van der Waals surface area contributed by atoms with Crippen LogP contribution in [0.3, 0.4) is 0 Å². The second kappa shape index (κ2) is 6.37. The molecule has 1 aliphatic rings. The number of nitrogens with zero attached hydrogens (tertiary/aromatic N) is 3. The Balaban J connectivity index is 0.00000176. The van der Waals surface area contributed by atoms with E-state index in [0.29, 0.717) is 12.8 Å². The first-order chi connectivity index (χ1) is 10.1. The summed E-state index contributed by atoms with van der Waals surface area (Å²) in [6.07, 6.45) is 6.01. The van der Waals surface area contributed by atoms with Crippen LogP contribution in [0.15, 0.2) is 30.9 Å². The Morgan fingerprint density at radius 1 is 1.36 bits per heavy atom. The number of halogens is 1. The second-order valence-electron chi connectivity index (χ2n) is 4.94. The molecular formula is C13H13ClN4O3S. The largest absolute Gasteiger partial charge is 1.00 e. The van der Waals surface area contributed by atoms with Gasteiger partial charge in [-0.2, -0.15) is 8.94 Å². The molecule has 9 heteroatoms. The van der Waals surface area contributed by atoms with Crippen LogP contribution in [-0.4, -0.2) is 31.9 Å². The Morgan fingerprint density at radius 2 is 2.05 bits per heavy atom. The van der Waals surface area contributed by atoms with Gasteiger partial charge in [-0.15, -0.1) is 0 Å². The first kappa shape index (κ1) is 16.3. The van der Waals surface area contributed by atoms with E-state index in [1.165, 1.54) is 17.9 Å². The lowest BCUT2D eigenvalue weighted by molar-refractivity contribution is -0.684. The number of hydrogen-bond acceptors (Lipinski definition) is 5. The summed E-state index contributed by atoms with van der Waals surface area (Å²) in [6, 6.07) is 3.69. The van der Waals surface area contributed by atoms with Gasteiger partial charge in [-0.05, 0) is 24.4 Å². The van der Waals surface area contributed by atoms with Crippen LogP contribution in [0.1, 0.15) is 12.8 Å². The van der Waals surface area contributed by atoms with Gasteiger partial charge in [0.25, 0.3) is 5.91 Å². The molecule has 1 fully saturated rings. The van der Waals surface area contributed by atoms with Crippen molar-refractivity contribution in [1.29, 1.82) is 0 Å². The number of amides is 1. The molecule has 0 aliphatic heterocycles. The molecule has 22 heavy (non-hydrogen) atoms. The Labute approximate surface area is 136 Å². The SMILES string of the molecule is O=C(C[n+]1ccc(-c2ncns2)cc1)NC1(C(=O)O)CC1.[Cl-]. The average molecular weight is 341 g/mol. The quantitative estimate of drug-likeness (QED) is 0.575. The van der Waals surface area contributed by atoms with Gasteiger partial charge >= 0.3 is 5.97 Å². The summed E-state index contributed by atoms with van der Waals surface area (Å²) in [5.41, 5.74) is -0.109. The Morgan fingerprint density at radius 3 is 2.55 bits per heavy atom. The van der Waals surface area contributed by atoms with Crippen molar-refractivity contribution in [3.8, 4) is 10.6 Å². The molecular weight excluding hydrogens is 328 g/mol. The summed E-state index contributed by atoms with van der Waals surface area (Å²) in [5, 5.41) is 12.4. The molecule has 3 rings (SSSR count). The third-order valence-electron chi connectivity index (χ3n) is 3.36. The number of carbonyl (C=O) groups is 2. The van der Waals surface area contributed by atoms with Crippen LogP contribution in [-0.2, 0) is 16.1 Å². The Bertz CT molecular complexity index is 671. The minimum absolute atomic E-state index is 0. The molecule has 7 nitrogen and oxygen atoms in total. The number of nitrogens with one attached hydrogen (secondary N) is 1. The topological polar surface area (TPSA) is 96.1 Å². The zero-order valence-corrected chi connectivity index (χ0v) is 13.0. The van der Waals surface area contributed by atoms with E-state index in [4.69, 9.17) is 5.11 Å². The highest BCUT2D eigenvalue weighted by atomic mass is 35.5. The Hall–Kier alpha value is -2.06. The number of carbonyl (C=O) groups excluding carboxylic acids is 1. The molecule has 1 aliphatic carbocycles. The molecule has 0 atom stereocenters. The third kappa shape index (κ3) is 3.40. The minimum Gasteiger partial charge on any atom is -1.00 e. The molecule has 0 aromatic carbocycles. The van der Waals surface area contributed by atoms with E-state index in [1.807, 2.05) is 12.1 Å². The van der Waals surface area contributed by atoms with Gasteiger partial charge in [-0.3, -0.25) is 4.79 Å². The van der Waals surface area contributed by atoms with Gasteiger partial charge in [0.05, 0.1) is 0 Å². The summed E-state index contributed by atoms with van der Waals surface area (Å²) in [4.78, 5) is 27.0. The van der Waals surface area contributed by atoms with Crippen molar-refractivity contribution < 1.29 is 31.7 Å². The maximum Gasteiger partial charge on any atom is 0.329 e. The number of pyridine rings is 1. The summed E-state index contributed by atoms with van der Waals surface area (Å²) < 4.78 is 5.63. The Kier molecular flexibility index (Phi) is 4.72. The van der Waals surface area contributed by atoms with Crippen molar-refractivity contribution >= 4 is 23.4 Å². The van der Waals surface area contributed by atoms with Crippen molar-refractivity contribution in [1.82, 2.24) is 14.7 Å². The van der Waals surface area contributed by atoms with E-state index in [0.717, 1.165) is 10.6 Å². The predicted octanol–water partition coefficient (Wildman–Crippen LogP) is -2.77. The van der Waals surface area contributed by atoms with E-state index < -0.39 is 11.5 Å². The van der Waals surface area contributed by atoms with Crippen LogP contribution < -0.4 is 22.3 Å². The molecule has 0 spiro atoms. The molecule has 0 radical (unpaired) electrons. The lowest BCUT2D eigenvalue weighted by atomic mass is 10.2. The first-order valence-corrected chi connectivity index (χ1v) is 7.17. The summed E-state index contributed by atoms with van der Waals surface area (Å²) in [5.74, 6) is -1.27. The lowest BCUT2D eigenvalue weighted by Crippen LogP contribution is -3.00. The monoisotopic (exact) mass is 340 g/mol. The zero-order chi connectivity index (χ0) is 14.9. The van der Waals surface area contributed by atoms with Crippen molar-refractivity contribution in [2.75, 3.05) is 0 Å². The molecule has 2 N–H and O–H groups in total. The van der Waals surface area contributed by atoms with Gasteiger partial charge in [0.2, 0.25) is 6.54 Å². The fraction of sp³-hybridized carbons (Fsp3) is 0.308. The highest BCUT2D eigenvalue weighted by Gasteiger charge is 2.51. The van der Waals surface area contributed by atoms with Gasteiger partial charge in [0, 0.05) is 17.7 Å². The highest BCUT2D eigenvalue weighted by Crippen LogP contribution is 2.35. The molecule has 0 saturated heterocycles. The summed E-state index contributed by atoms with van der Waals surface area (Å²) >= 11 is 1.30. The first-order valence-electron chi connectivity index (χ1n) is 6.40. The predicted molar refractivity (Wildman–Crippen MR) is 73.3 cm³/mol. The van der Waals surface area contributed by atoms with Crippen LogP contribution in [0.5, 0.6) is 0 Å². The van der Waals surface area contributed by atoms with Gasteiger partial charge in [-0.1, -0.05) is 0 Å². The van der Waals surface area contributed by atoms with E-state index >= 15 is 0 Å². The molecule has 1 amide bonds. The zero-order valence-electron chi connectivity index (χ0n) is 11.4. The van der Waals surface area contributed by atoms with Gasteiger partial charge in [0.15, 0.2) is 12.4 Å². The number of carboxylic acids is 1. The fourth-order valence-electron chi connectivity index (χ4n) is 2.00. The van der Waals surface area contributed by atoms with Crippen molar-refractivity contribution in [2.45, 2.75) is 24.9 Å². The summed E-state index contributed by atoms with van der Waals surface area (Å²) in [6.45, 7) is 0.0887. The minimum atomic E-state index is -1.04. The van der Waals surface area contributed by atoms with Gasteiger partial charge in [-0.25, -0.2) is 9.78 Å². The van der Waals surface area contributed by atoms with Crippen LogP contribution >= 0.6 is 11.5 Å². The molecule has 0 unspecified atom stereocenters. The van der Waals surface area contributed by atoms with Gasteiger partial charge < -0.3 is 22.8 Å². The molecule has 116 valence electrons. The maximum atomic E-state index is 11.9. The molecule has 2 aromatic heterocycles. The van der Waals surface area contributed by atoms with Crippen LogP contribution in [0.25, 0.3) is 10.6 Å². The average Bonchev–Trinajstić information content (AvgIpc) is 3.03. The number of rotatable bonds is 5. The van der Waals surface area contributed by atoms with Crippen molar-refractivity contribution in [3.63, 3.8) is 0 Å². The number of carboxylic acid groups (broad SMARTS) is 1. The van der Waals surface area contributed by atoms with E-state index in [-0.39, 0.29) is 24.9 Å². The molecule has 1 saturated carbocycles. The van der Waals surface area contributed by atoms with Crippen LogP contribution in [0.4, 0.5) is 0 Å². The molecule has 2 heterocycles. The van der Waals surface area contributed by atoms with E-state index in [9.17, 15) is 9.59 Å².